The number of hydrogen-bond donors (Lipinski definition) is 0. The van der Waals surface area contributed by atoms with Gasteiger partial charge in [-0.3, -0.25) is 0 Å². The van der Waals surface area contributed by atoms with Crippen LogP contribution in [-0.2, 0) is 0 Å². The molecule has 0 aliphatic carbocycles. The Balaban J connectivity index is 1.06. The zero-order chi connectivity index (χ0) is 44.0. The van der Waals surface area contributed by atoms with E-state index in [1.807, 2.05) is 18.2 Å². The van der Waals surface area contributed by atoms with E-state index in [9.17, 15) is 0 Å². The molecule has 0 N–H and O–H groups in total. The first-order valence-corrected chi connectivity index (χ1v) is 22.6. The summed E-state index contributed by atoms with van der Waals surface area (Å²) in [6, 6.07) is 79.0. The van der Waals surface area contributed by atoms with Crippen molar-refractivity contribution in [2.24, 2.45) is 0 Å². The Morgan fingerprint density at radius 1 is 0.328 bits per heavy atom. The molecule has 0 radical (unpaired) electrons. The second-order valence-corrected chi connectivity index (χ2v) is 17.1. The Labute approximate surface area is 384 Å². The molecule has 0 bridgehead atoms. The van der Waals surface area contributed by atoms with Crippen LogP contribution in [0.2, 0.25) is 0 Å². The number of benzene rings is 10. The van der Waals surface area contributed by atoms with Crippen LogP contribution < -0.4 is 0 Å². The van der Waals surface area contributed by atoms with Crippen LogP contribution in [0.3, 0.4) is 0 Å². The summed E-state index contributed by atoms with van der Waals surface area (Å²) in [7, 11) is 0. The van der Waals surface area contributed by atoms with Crippen LogP contribution in [-0.4, -0.2) is 24.1 Å². The van der Waals surface area contributed by atoms with Crippen LogP contribution in [0.5, 0.6) is 0 Å². The maximum Gasteiger partial charge on any atom is 0.164 e. The van der Waals surface area contributed by atoms with Crippen molar-refractivity contribution in [1.82, 2.24) is 24.1 Å². The summed E-state index contributed by atoms with van der Waals surface area (Å²) in [6.07, 6.45) is 0. The highest BCUT2D eigenvalue weighted by Crippen LogP contribution is 2.44. The molecular formula is C61H37N5O. The van der Waals surface area contributed by atoms with Gasteiger partial charge < -0.3 is 13.6 Å². The second kappa shape index (κ2) is 14.7. The fraction of sp³-hybridized carbons (Fsp3) is 0. The molecule has 4 heterocycles. The van der Waals surface area contributed by atoms with E-state index in [1.54, 1.807) is 0 Å². The standard InChI is InChI=1S/C61H37N5O/c1-3-17-38(18-4-1)39-21-15-22-42(35-39)59-62-60(47-28-16-31-52-56(47)45-26-10-13-30-51(45)65(52)43-23-5-2-6-24-43)64-61(63-59)48-33-34-53(58-57(48)46-27-11-14-32-55(46)67-58)66-50-29-12-9-25-44(50)49-36-40-19-7-8-20-41(40)37-54(49)66/h1-37H. The van der Waals surface area contributed by atoms with Crippen molar-refractivity contribution in [3.05, 3.63) is 224 Å². The van der Waals surface area contributed by atoms with E-state index in [-0.39, 0.29) is 0 Å². The summed E-state index contributed by atoms with van der Waals surface area (Å²) in [5.74, 6) is 1.73. The van der Waals surface area contributed by atoms with Crippen molar-refractivity contribution in [1.29, 1.82) is 0 Å². The topological polar surface area (TPSA) is 61.7 Å². The maximum atomic E-state index is 7.01. The number of para-hydroxylation sites is 4. The van der Waals surface area contributed by atoms with Gasteiger partial charge in [-0.25, -0.2) is 15.0 Å². The van der Waals surface area contributed by atoms with E-state index in [1.165, 1.54) is 21.5 Å². The largest absolute Gasteiger partial charge is 0.454 e. The van der Waals surface area contributed by atoms with Gasteiger partial charge in [0.15, 0.2) is 23.1 Å². The summed E-state index contributed by atoms with van der Waals surface area (Å²) < 4.78 is 11.7. The molecule has 67 heavy (non-hydrogen) atoms. The number of fused-ring (bicyclic) bond motifs is 10. The van der Waals surface area contributed by atoms with E-state index >= 15 is 0 Å². The average molecular weight is 856 g/mol. The second-order valence-electron chi connectivity index (χ2n) is 17.1. The Hall–Kier alpha value is -9.13. The molecule has 6 nitrogen and oxygen atoms in total. The van der Waals surface area contributed by atoms with Crippen LogP contribution in [0.15, 0.2) is 229 Å². The van der Waals surface area contributed by atoms with Gasteiger partial charge in [-0.05, 0) is 88.6 Å². The van der Waals surface area contributed by atoms with Gasteiger partial charge in [0.2, 0.25) is 0 Å². The van der Waals surface area contributed by atoms with E-state index < -0.39 is 0 Å². The smallest absolute Gasteiger partial charge is 0.164 e. The number of hydrogen-bond acceptors (Lipinski definition) is 4. The van der Waals surface area contributed by atoms with Crippen LogP contribution >= 0.6 is 0 Å². The molecule has 0 spiro atoms. The molecule has 14 rings (SSSR count). The normalized spacial score (nSPS) is 11.9. The Bertz CT molecular complexity index is 4280. The Morgan fingerprint density at radius 2 is 0.910 bits per heavy atom. The highest BCUT2D eigenvalue weighted by molar-refractivity contribution is 6.18. The third kappa shape index (κ3) is 5.80. The molecule has 0 aliphatic rings. The van der Waals surface area contributed by atoms with Gasteiger partial charge >= 0.3 is 0 Å². The molecule has 0 saturated carbocycles. The third-order valence-corrected chi connectivity index (χ3v) is 13.3. The van der Waals surface area contributed by atoms with Gasteiger partial charge in [-0.1, -0.05) is 158 Å². The van der Waals surface area contributed by atoms with Gasteiger partial charge in [0.05, 0.1) is 27.8 Å². The molecule has 10 aromatic carbocycles. The fourth-order valence-electron chi connectivity index (χ4n) is 10.4. The van der Waals surface area contributed by atoms with E-state index in [4.69, 9.17) is 19.4 Å². The lowest BCUT2D eigenvalue weighted by atomic mass is 10.0. The molecule has 0 fully saturated rings. The predicted octanol–water partition coefficient (Wildman–Crippen LogP) is 15.8. The quantitative estimate of drug-likeness (QED) is 0.167. The highest BCUT2D eigenvalue weighted by Gasteiger charge is 2.25. The number of nitrogens with zero attached hydrogens (tertiary/aromatic N) is 5. The van der Waals surface area contributed by atoms with Crippen molar-refractivity contribution in [3.63, 3.8) is 0 Å². The van der Waals surface area contributed by atoms with E-state index in [2.05, 4.69) is 215 Å². The first kappa shape index (κ1) is 37.3. The zero-order valence-corrected chi connectivity index (χ0v) is 36.0. The summed E-state index contributed by atoms with van der Waals surface area (Å²) >= 11 is 0. The summed E-state index contributed by atoms with van der Waals surface area (Å²) in [5.41, 5.74) is 12.9. The molecule has 0 aliphatic heterocycles. The zero-order valence-electron chi connectivity index (χ0n) is 36.0. The molecule has 0 saturated heterocycles. The number of furan rings is 1. The molecule has 0 atom stereocenters. The van der Waals surface area contributed by atoms with Crippen LogP contribution in [0.25, 0.3) is 133 Å². The van der Waals surface area contributed by atoms with Crippen molar-refractivity contribution in [2.45, 2.75) is 0 Å². The first-order chi connectivity index (χ1) is 33.2. The fourth-order valence-corrected chi connectivity index (χ4v) is 10.4. The van der Waals surface area contributed by atoms with E-state index in [0.29, 0.717) is 17.5 Å². The minimum absolute atomic E-state index is 0.560. The van der Waals surface area contributed by atoms with Crippen LogP contribution in [0.1, 0.15) is 0 Å². The van der Waals surface area contributed by atoms with Gasteiger partial charge in [0.25, 0.3) is 0 Å². The molecule has 312 valence electrons. The van der Waals surface area contributed by atoms with Crippen molar-refractivity contribution in [3.8, 4) is 56.7 Å². The van der Waals surface area contributed by atoms with E-state index in [0.717, 1.165) is 94.0 Å². The molecular weight excluding hydrogens is 819 g/mol. The lowest BCUT2D eigenvalue weighted by molar-refractivity contribution is 0.666. The monoisotopic (exact) mass is 855 g/mol. The third-order valence-electron chi connectivity index (χ3n) is 13.3. The summed E-state index contributed by atoms with van der Waals surface area (Å²) in [4.78, 5) is 16.3. The van der Waals surface area contributed by atoms with Gasteiger partial charge in [0, 0.05) is 54.7 Å². The molecule has 14 aromatic rings. The Kier molecular flexibility index (Phi) is 8.18. The molecule has 0 unspecified atom stereocenters. The minimum atomic E-state index is 0.560. The average Bonchev–Trinajstić information content (AvgIpc) is 4.06. The van der Waals surface area contributed by atoms with Gasteiger partial charge in [-0.2, -0.15) is 0 Å². The maximum absolute atomic E-state index is 7.01. The van der Waals surface area contributed by atoms with Crippen LogP contribution in [0, 0.1) is 0 Å². The molecule has 6 heteroatoms. The van der Waals surface area contributed by atoms with Crippen LogP contribution in [0.4, 0.5) is 0 Å². The number of aromatic nitrogens is 5. The molecule has 0 amide bonds. The minimum Gasteiger partial charge on any atom is -0.454 e. The summed E-state index contributed by atoms with van der Waals surface area (Å²) in [5, 5.41) is 8.90. The Morgan fingerprint density at radius 3 is 1.72 bits per heavy atom. The van der Waals surface area contributed by atoms with Gasteiger partial charge in [0.1, 0.15) is 5.58 Å². The SMILES string of the molecule is c1ccc(-c2cccc(-c3nc(-c4ccc(-n5c6ccccc6c6cc7ccccc7cc65)c5oc6ccccc6c45)nc(-c4cccc5c4c4ccccc4n5-c4ccccc4)n3)c2)cc1. The lowest BCUT2D eigenvalue weighted by Crippen LogP contribution is -2.02. The predicted molar refractivity (Wildman–Crippen MR) is 275 cm³/mol. The van der Waals surface area contributed by atoms with Crippen molar-refractivity contribution < 1.29 is 4.42 Å². The van der Waals surface area contributed by atoms with Crippen molar-refractivity contribution in [2.75, 3.05) is 0 Å². The summed E-state index contributed by atoms with van der Waals surface area (Å²) in [6.45, 7) is 0. The van der Waals surface area contributed by atoms with Crippen molar-refractivity contribution >= 4 is 76.3 Å². The lowest BCUT2D eigenvalue weighted by Gasteiger charge is -2.13. The van der Waals surface area contributed by atoms with Gasteiger partial charge in [-0.15, -0.1) is 0 Å². The first-order valence-electron chi connectivity index (χ1n) is 22.6. The molecule has 4 aromatic heterocycles. The highest BCUT2D eigenvalue weighted by atomic mass is 16.3. The number of rotatable bonds is 6.